The number of nitrogens with one attached hydrogen (secondary N) is 1. The Balaban J connectivity index is 2.09. The van der Waals surface area contributed by atoms with Gasteiger partial charge in [0.05, 0.1) is 14.2 Å². The minimum absolute atomic E-state index is 0.221. The summed E-state index contributed by atoms with van der Waals surface area (Å²) >= 11 is 3.57. The largest absolute Gasteiger partial charge is 0.493 e. The average Bonchev–Trinajstić information content (AvgIpc) is 2.53. The fourth-order valence-corrected chi connectivity index (χ4v) is 2.51. The molecule has 1 N–H and O–H groups in total. The summed E-state index contributed by atoms with van der Waals surface area (Å²) in [5, 5.41) is 3.48. The molecule has 0 bridgehead atoms. The van der Waals surface area contributed by atoms with E-state index >= 15 is 0 Å². The van der Waals surface area contributed by atoms with Gasteiger partial charge in [-0.05, 0) is 36.2 Å². The van der Waals surface area contributed by atoms with Crippen molar-refractivity contribution in [1.82, 2.24) is 10.3 Å². The summed E-state index contributed by atoms with van der Waals surface area (Å²) in [6.07, 6.45) is 3.66. The first-order valence-electron chi connectivity index (χ1n) is 6.69. The van der Waals surface area contributed by atoms with E-state index in [4.69, 9.17) is 9.47 Å². The summed E-state index contributed by atoms with van der Waals surface area (Å²) in [6, 6.07) is 8.13. The molecule has 0 saturated carbocycles. The lowest BCUT2D eigenvalue weighted by Crippen LogP contribution is -2.18. The Labute approximate surface area is 133 Å². The molecule has 1 aromatic heterocycles. The molecule has 0 saturated heterocycles. The zero-order valence-corrected chi connectivity index (χ0v) is 14.0. The molecule has 0 amide bonds. The van der Waals surface area contributed by atoms with E-state index in [0.29, 0.717) is 5.75 Å². The van der Waals surface area contributed by atoms with Crippen LogP contribution in [0.3, 0.4) is 0 Å². The normalized spacial score (nSPS) is 12.0. The minimum atomic E-state index is 0.221. The molecule has 2 aromatic rings. The third kappa shape index (κ3) is 3.95. The van der Waals surface area contributed by atoms with Crippen molar-refractivity contribution < 1.29 is 9.47 Å². The van der Waals surface area contributed by atoms with Crippen molar-refractivity contribution in [1.29, 1.82) is 0 Å². The van der Waals surface area contributed by atoms with Crippen LogP contribution in [0.15, 0.2) is 41.1 Å². The molecular formula is C16H19BrN2O2. The number of aromatic nitrogens is 1. The molecule has 1 atom stereocenters. The molecule has 2 rings (SSSR count). The maximum absolute atomic E-state index is 5.34. The maximum atomic E-state index is 5.34. The lowest BCUT2D eigenvalue weighted by atomic mass is 10.1. The van der Waals surface area contributed by atoms with Gasteiger partial charge in [0.1, 0.15) is 0 Å². The molecule has 21 heavy (non-hydrogen) atoms. The standard InChI is InChI=1S/C16H19BrN2O2/c1-11(12-5-4-6-18-9-12)19-10-13-7-15(20-2)16(21-3)8-14(13)17/h4-9,11,19H,10H2,1-3H3/t11-/m0/s1. The lowest BCUT2D eigenvalue weighted by Gasteiger charge is -2.16. The molecule has 0 aliphatic rings. The predicted octanol–water partition coefficient (Wildman–Crippen LogP) is 3.71. The first-order chi connectivity index (χ1) is 10.2. The smallest absolute Gasteiger partial charge is 0.161 e. The van der Waals surface area contributed by atoms with Gasteiger partial charge >= 0.3 is 0 Å². The van der Waals surface area contributed by atoms with E-state index in [0.717, 1.165) is 27.9 Å². The number of pyridine rings is 1. The second kappa shape index (κ2) is 7.43. The molecule has 0 spiro atoms. The van der Waals surface area contributed by atoms with E-state index in [1.807, 2.05) is 24.4 Å². The van der Waals surface area contributed by atoms with Crippen LogP contribution in [0.1, 0.15) is 24.1 Å². The minimum Gasteiger partial charge on any atom is -0.493 e. The zero-order valence-electron chi connectivity index (χ0n) is 12.4. The van der Waals surface area contributed by atoms with Crippen LogP contribution in [-0.4, -0.2) is 19.2 Å². The highest BCUT2D eigenvalue weighted by Crippen LogP contribution is 2.33. The third-order valence-electron chi connectivity index (χ3n) is 3.34. The number of hydrogen-bond donors (Lipinski definition) is 1. The summed E-state index contributed by atoms with van der Waals surface area (Å²) in [5.41, 5.74) is 2.28. The van der Waals surface area contributed by atoms with E-state index in [1.165, 1.54) is 0 Å². The Morgan fingerprint density at radius 3 is 2.57 bits per heavy atom. The number of benzene rings is 1. The Morgan fingerprint density at radius 1 is 1.24 bits per heavy atom. The average molecular weight is 351 g/mol. The number of ether oxygens (including phenoxy) is 2. The van der Waals surface area contributed by atoms with Gasteiger partial charge in [0, 0.05) is 29.5 Å². The predicted molar refractivity (Wildman–Crippen MR) is 86.7 cm³/mol. The Morgan fingerprint density at radius 2 is 1.95 bits per heavy atom. The van der Waals surface area contributed by atoms with E-state index in [1.54, 1.807) is 20.4 Å². The summed E-state index contributed by atoms with van der Waals surface area (Å²) < 4.78 is 11.6. The van der Waals surface area contributed by atoms with Gasteiger partial charge in [0.2, 0.25) is 0 Å². The topological polar surface area (TPSA) is 43.4 Å². The van der Waals surface area contributed by atoms with Crippen LogP contribution in [0.2, 0.25) is 0 Å². The number of rotatable bonds is 6. The van der Waals surface area contributed by atoms with Crippen molar-refractivity contribution >= 4 is 15.9 Å². The third-order valence-corrected chi connectivity index (χ3v) is 4.07. The first kappa shape index (κ1) is 15.8. The highest BCUT2D eigenvalue weighted by molar-refractivity contribution is 9.10. The molecule has 5 heteroatoms. The lowest BCUT2D eigenvalue weighted by molar-refractivity contribution is 0.354. The van der Waals surface area contributed by atoms with E-state index < -0.39 is 0 Å². The van der Waals surface area contributed by atoms with Gasteiger partial charge in [0.25, 0.3) is 0 Å². The summed E-state index contributed by atoms with van der Waals surface area (Å²) in [6.45, 7) is 2.84. The molecule has 112 valence electrons. The van der Waals surface area contributed by atoms with Crippen molar-refractivity contribution in [3.63, 3.8) is 0 Å². The van der Waals surface area contributed by atoms with Crippen molar-refractivity contribution in [2.24, 2.45) is 0 Å². The van der Waals surface area contributed by atoms with Gasteiger partial charge in [-0.15, -0.1) is 0 Å². The molecular weight excluding hydrogens is 332 g/mol. The molecule has 0 unspecified atom stereocenters. The summed E-state index contributed by atoms with van der Waals surface area (Å²) in [4.78, 5) is 4.14. The van der Waals surface area contributed by atoms with Gasteiger partial charge in [-0.25, -0.2) is 0 Å². The van der Waals surface area contributed by atoms with Gasteiger partial charge in [-0.1, -0.05) is 22.0 Å². The molecule has 0 aliphatic heterocycles. The van der Waals surface area contributed by atoms with Crippen LogP contribution in [0, 0.1) is 0 Å². The molecule has 0 fully saturated rings. The van der Waals surface area contributed by atoms with Crippen LogP contribution < -0.4 is 14.8 Å². The SMILES string of the molecule is COc1cc(Br)c(CN[C@@H](C)c2cccnc2)cc1OC. The number of nitrogens with zero attached hydrogens (tertiary/aromatic N) is 1. The van der Waals surface area contributed by atoms with E-state index in [9.17, 15) is 0 Å². The fourth-order valence-electron chi connectivity index (χ4n) is 2.04. The molecule has 4 nitrogen and oxygen atoms in total. The highest BCUT2D eigenvalue weighted by atomic mass is 79.9. The number of hydrogen-bond acceptors (Lipinski definition) is 4. The van der Waals surface area contributed by atoms with Gasteiger partial charge < -0.3 is 14.8 Å². The van der Waals surface area contributed by atoms with Gasteiger partial charge in [-0.3, -0.25) is 4.98 Å². The second-order valence-corrected chi connectivity index (χ2v) is 5.54. The van der Waals surface area contributed by atoms with Gasteiger partial charge in [0.15, 0.2) is 11.5 Å². The van der Waals surface area contributed by atoms with E-state index in [-0.39, 0.29) is 6.04 Å². The van der Waals surface area contributed by atoms with Crippen molar-refractivity contribution in [3.8, 4) is 11.5 Å². The molecule has 1 aromatic carbocycles. The summed E-state index contributed by atoms with van der Waals surface area (Å²) in [7, 11) is 3.27. The summed E-state index contributed by atoms with van der Waals surface area (Å²) in [5.74, 6) is 1.44. The molecule has 0 radical (unpaired) electrons. The zero-order chi connectivity index (χ0) is 15.2. The van der Waals surface area contributed by atoms with Crippen LogP contribution >= 0.6 is 15.9 Å². The monoisotopic (exact) mass is 350 g/mol. The van der Waals surface area contributed by atoms with Crippen LogP contribution in [0.5, 0.6) is 11.5 Å². The van der Waals surface area contributed by atoms with Crippen LogP contribution in [-0.2, 0) is 6.54 Å². The van der Waals surface area contributed by atoms with Crippen LogP contribution in [0.4, 0.5) is 0 Å². The molecule has 1 heterocycles. The fraction of sp³-hybridized carbons (Fsp3) is 0.312. The maximum Gasteiger partial charge on any atom is 0.161 e. The number of halogens is 1. The highest BCUT2D eigenvalue weighted by Gasteiger charge is 2.11. The quantitative estimate of drug-likeness (QED) is 0.862. The van der Waals surface area contributed by atoms with Crippen LogP contribution in [0.25, 0.3) is 0 Å². The Bertz CT molecular complexity index is 590. The van der Waals surface area contributed by atoms with Crippen molar-refractivity contribution in [3.05, 3.63) is 52.3 Å². The van der Waals surface area contributed by atoms with E-state index in [2.05, 4.69) is 39.2 Å². The van der Waals surface area contributed by atoms with Crippen molar-refractivity contribution in [2.45, 2.75) is 19.5 Å². The first-order valence-corrected chi connectivity index (χ1v) is 7.48. The Hall–Kier alpha value is -1.59. The Kier molecular flexibility index (Phi) is 5.59. The van der Waals surface area contributed by atoms with Gasteiger partial charge in [-0.2, -0.15) is 0 Å². The molecule has 0 aliphatic carbocycles. The van der Waals surface area contributed by atoms with Crippen molar-refractivity contribution in [2.75, 3.05) is 14.2 Å². The number of methoxy groups -OCH3 is 2. The second-order valence-electron chi connectivity index (χ2n) is 4.69.